The van der Waals surface area contributed by atoms with Crippen molar-refractivity contribution in [3.8, 4) is 0 Å². The zero-order valence-electron chi connectivity index (χ0n) is 44.0. The average molecular weight is 1040 g/mol. The maximum absolute atomic E-state index is 13.2. The van der Waals surface area contributed by atoms with Gasteiger partial charge >= 0.3 is 0 Å². The average Bonchev–Trinajstić information content (AvgIpc) is 3.64. The van der Waals surface area contributed by atoms with E-state index in [2.05, 4.69) is 17.6 Å². The van der Waals surface area contributed by atoms with Crippen LogP contribution in [0.3, 0.4) is 0 Å². The lowest BCUT2D eigenvalue weighted by Gasteiger charge is -2.27. The van der Waals surface area contributed by atoms with E-state index in [1.807, 2.05) is 0 Å². The van der Waals surface area contributed by atoms with Gasteiger partial charge in [0, 0.05) is 26.1 Å². The van der Waals surface area contributed by atoms with Gasteiger partial charge in [0.05, 0.1) is 162 Å². The molecule has 0 saturated carbocycles. The molecule has 418 valence electrons. The van der Waals surface area contributed by atoms with Crippen LogP contribution in [-0.2, 0) is 71.2 Å². The zero-order chi connectivity index (χ0) is 52.1. The Kier molecular flexibility index (Phi) is 39.1. The summed E-state index contributed by atoms with van der Waals surface area (Å²) in [6.45, 7) is 14.5. The standard InChI is InChI=1S/C53H89N3O17/c1-2-3-4-5-6-7-8-9-10-13-21-62-23-25-64-27-29-66-31-33-68-35-37-70-39-41-72-43-44-73-42-40-71-38-36-69-34-32-67-30-28-65-26-24-63-22-14-11-12-18-48(57)54-46-17-15-16-45-50(46)53(61)56(52(45)60)47-19-20-49(58)55-51(47)59/h15-17,47H,2-14,18-44H2,1H3,(H,54,57)(H,55,58,59). The summed E-state index contributed by atoms with van der Waals surface area (Å²) in [5.74, 6) is -2.72. The van der Waals surface area contributed by atoms with Gasteiger partial charge in [0.15, 0.2) is 0 Å². The summed E-state index contributed by atoms with van der Waals surface area (Å²) in [6, 6.07) is 3.53. The molecule has 0 aliphatic carbocycles. The van der Waals surface area contributed by atoms with Crippen molar-refractivity contribution in [3.05, 3.63) is 29.3 Å². The van der Waals surface area contributed by atoms with Gasteiger partial charge in [-0.25, -0.2) is 0 Å². The molecule has 2 N–H and O–H groups in total. The molecule has 0 radical (unpaired) electrons. The Morgan fingerprint density at radius 3 is 1.22 bits per heavy atom. The number of carbonyl (C=O) groups excluding carboxylic acids is 5. The highest BCUT2D eigenvalue weighted by Gasteiger charge is 2.45. The zero-order valence-corrected chi connectivity index (χ0v) is 44.0. The molecule has 0 bridgehead atoms. The molecule has 1 aromatic rings. The van der Waals surface area contributed by atoms with Crippen molar-refractivity contribution in [2.24, 2.45) is 0 Å². The fraction of sp³-hybridized carbons (Fsp3) is 0.792. The number of hydrogen-bond acceptors (Lipinski definition) is 17. The molecular formula is C53H89N3O17. The minimum Gasteiger partial charge on any atom is -0.379 e. The van der Waals surface area contributed by atoms with Crippen LogP contribution in [0.4, 0.5) is 5.69 Å². The summed E-state index contributed by atoms with van der Waals surface area (Å²) >= 11 is 0. The second-order valence-corrected chi connectivity index (χ2v) is 17.6. The van der Waals surface area contributed by atoms with Gasteiger partial charge in [-0.3, -0.25) is 34.2 Å². The number of rotatable bonds is 52. The highest BCUT2D eigenvalue weighted by Crippen LogP contribution is 2.32. The van der Waals surface area contributed by atoms with Crippen LogP contribution in [0.25, 0.3) is 0 Å². The van der Waals surface area contributed by atoms with Gasteiger partial charge in [-0.05, 0) is 37.8 Å². The summed E-state index contributed by atoms with van der Waals surface area (Å²) in [4.78, 5) is 63.7. The van der Waals surface area contributed by atoms with Gasteiger partial charge in [0.25, 0.3) is 11.8 Å². The summed E-state index contributed by atoms with van der Waals surface area (Å²) < 4.78 is 66.6. The van der Waals surface area contributed by atoms with Crippen molar-refractivity contribution in [1.29, 1.82) is 0 Å². The summed E-state index contributed by atoms with van der Waals surface area (Å²) in [6.07, 6.45) is 15.7. The second kappa shape index (κ2) is 44.8. The van der Waals surface area contributed by atoms with E-state index in [4.69, 9.17) is 56.8 Å². The first-order valence-electron chi connectivity index (χ1n) is 27.0. The van der Waals surface area contributed by atoms with Crippen LogP contribution in [-0.4, -0.2) is 199 Å². The predicted octanol–water partition coefficient (Wildman–Crippen LogP) is 5.71. The van der Waals surface area contributed by atoms with Crippen LogP contribution < -0.4 is 10.6 Å². The smallest absolute Gasteiger partial charge is 0.264 e. The number of nitrogens with zero attached hydrogens (tertiary/aromatic N) is 1. The number of nitrogens with one attached hydrogen (secondary N) is 2. The van der Waals surface area contributed by atoms with Crippen LogP contribution in [0.2, 0.25) is 0 Å². The molecule has 2 aliphatic heterocycles. The maximum Gasteiger partial charge on any atom is 0.264 e. The van der Waals surface area contributed by atoms with Crippen molar-refractivity contribution < 1.29 is 80.8 Å². The molecule has 1 unspecified atom stereocenters. The van der Waals surface area contributed by atoms with Gasteiger partial charge in [-0.1, -0.05) is 77.2 Å². The van der Waals surface area contributed by atoms with Gasteiger partial charge in [-0.15, -0.1) is 0 Å². The molecule has 1 atom stereocenters. The van der Waals surface area contributed by atoms with Crippen molar-refractivity contribution in [2.45, 2.75) is 116 Å². The molecule has 2 aliphatic rings. The molecule has 3 rings (SSSR count). The number of unbranched alkanes of at least 4 members (excludes halogenated alkanes) is 11. The summed E-state index contributed by atoms with van der Waals surface area (Å²) in [5, 5.41) is 4.91. The lowest BCUT2D eigenvalue weighted by molar-refractivity contribution is -0.136. The topological polar surface area (TPSA) is 223 Å². The van der Waals surface area contributed by atoms with E-state index in [9.17, 15) is 24.0 Å². The number of carbonyl (C=O) groups is 5. The van der Waals surface area contributed by atoms with Gasteiger partial charge in [-0.2, -0.15) is 0 Å². The van der Waals surface area contributed by atoms with Gasteiger partial charge < -0.3 is 62.2 Å². The number of benzene rings is 1. The van der Waals surface area contributed by atoms with Gasteiger partial charge in [0.2, 0.25) is 17.7 Å². The van der Waals surface area contributed by atoms with E-state index < -0.39 is 29.7 Å². The molecule has 2 heterocycles. The number of amides is 5. The lowest BCUT2D eigenvalue weighted by Crippen LogP contribution is -2.54. The Hall–Kier alpha value is -3.51. The van der Waals surface area contributed by atoms with E-state index in [0.717, 1.165) is 30.8 Å². The summed E-state index contributed by atoms with van der Waals surface area (Å²) in [5.41, 5.74) is 0.381. The predicted molar refractivity (Wildman–Crippen MR) is 272 cm³/mol. The Morgan fingerprint density at radius 2 is 0.836 bits per heavy atom. The van der Waals surface area contributed by atoms with E-state index in [1.165, 1.54) is 63.9 Å². The Balaban J connectivity index is 0.933. The number of hydrogen-bond donors (Lipinski definition) is 2. The van der Waals surface area contributed by atoms with Crippen molar-refractivity contribution in [3.63, 3.8) is 0 Å². The van der Waals surface area contributed by atoms with E-state index >= 15 is 0 Å². The minimum atomic E-state index is -1.08. The number of anilines is 1. The number of ether oxygens (including phenoxy) is 12. The SMILES string of the molecule is CCCCCCCCCCCCOCCOCCOCCOCCOCCOCCOCCOCCOCCOCCOCCOCCCCCC(=O)Nc1cccc2c1C(=O)N(C1CCC(=O)NC1=O)C2=O. The number of piperidine rings is 1. The third kappa shape index (κ3) is 31.2. The maximum atomic E-state index is 13.2. The Labute approximate surface area is 434 Å². The highest BCUT2D eigenvalue weighted by molar-refractivity contribution is 6.26. The van der Waals surface area contributed by atoms with E-state index in [-0.39, 0.29) is 42.0 Å². The highest BCUT2D eigenvalue weighted by atomic mass is 16.6. The Bertz CT molecular complexity index is 1610. The summed E-state index contributed by atoms with van der Waals surface area (Å²) in [7, 11) is 0. The fourth-order valence-electron chi connectivity index (χ4n) is 7.71. The molecule has 1 aromatic carbocycles. The largest absolute Gasteiger partial charge is 0.379 e. The first kappa shape index (κ1) is 63.8. The van der Waals surface area contributed by atoms with Crippen LogP contribution in [0.5, 0.6) is 0 Å². The molecule has 1 saturated heterocycles. The number of fused-ring (bicyclic) bond motifs is 1. The van der Waals surface area contributed by atoms with Crippen LogP contribution >= 0.6 is 0 Å². The van der Waals surface area contributed by atoms with E-state index in [0.29, 0.717) is 158 Å². The molecule has 0 aromatic heterocycles. The molecule has 20 heteroatoms. The minimum absolute atomic E-state index is 0.0270. The Morgan fingerprint density at radius 1 is 0.479 bits per heavy atom. The molecular weight excluding hydrogens is 951 g/mol. The third-order valence-electron chi connectivity index (χ3n) is 11.7. The molecule has 5 amide bonds. The fourth-order valence-corrected chi connectivity index (χ4v) is 7.71. The normalized spacial score (nSPS) is 14.6. The second-order valence-electron chi connectivity index (χ2n) is 17.6. The van der Waals surface area contributed by atoms with Crippen molar-refractivity contribution in [1.82, 2.24) is 10.2 Å². The first-order valence-corrected chi connectivity index (χ1v) is 27.0. The molecule has 20 nitrogen and oxygen atoms in total. The van der Waals surface area contributed by atoms with Crippen molar-refractivity contribution in [2.75, 3.05) is 164 Å². The first-order chi connectivity index (χ1) is 35.9. The monoisotopic (exact) mass is 1040 g/mol. The van der Waals surface area contributed by atoms with Crippen LogP contribution in [0.15, 0.2) is 18.2 Å². The third-order valence-corrected chi connectivity index (χ3v) is 11.7. The quantitative estimate of drug-likeness (QED) is 0.0589. The van der Waals surface area contributed by atoms with E-state index in [1.54, 1.807) is 12.1 Å². The molecule has 73 heavy (non-hydrogen) atoms. The lowest BCUT2D eigenvalue weighted by atomic mass is 10.0. The number of imide groups is 2. The van der Waals surface area contributed by atoms with Crippen molar-refractivity contribution >= 4 is 35.2 Å². The van der Waals surface area contributed by atoms with Gasteiger partial charge in [0.1, 0.15) is 6.04 Å². The van der Waals surface area contributed by atoms with Crippen LogP contribution in [0, 0.1) is 0 Å². The molecule has 0 spiro atoms. The van der Waals surface area contributed by atoms with Crippen LogP contribution in [0.1, 0.15) is 130 Å². The molecule has 1 fully saturated rings.